The molecule has 0 unspecified atom stereocenters. The molecule has 0 aliphatic heterocycles. The minimum atomic E-state index is -3.11. The van der Waals surface area contributed by atoms with Crippen molar-refractivity contribution in [2.45, 2.75) is 18.6 Å². The summed E-state index contributed by atoms with van der Waals surface area (Å²) < 4.78 is 25.3. The number of thioether (sulfide) groups is 1. The van der Waals surface area contributed by atoms with Crippen LogP contribution < -0.4 is 10.0 Å². The van der Waals surface area contributed by atoms with Gasteiger partial charge in [0.15, 0.2) is 0 Å². The maximum Gasteiger partial charge on any atom is 0.212 e. The van der Waals surface area contributed by atoms with Crippen molar-refractivity contribution >= 4 is 21.8 Å². The first-order valence-corrected chi connectivity index (χ1v) is 7.38. The smallest absolute Gasteiger partial charge is 0.212 e. The van der Waals surface area contributed by atoms with Crippen molar-refractivity contribution in [1.29, 1.82) is 0 Å². The molecule has 0 rings (SSSR count). The summed E-state index contributed by atoms with van der Waals surface area (Å²) in [4.78, 5) is 0. The number of nitrogens with one attached hydrogen (secondary N) is 2. The molecule has 0 aliphatic carbocycles. The molecule has 0 amide bonds. The normalized spacial score (nSPS) is 13.1. The molecule has 0 saturated heterocycles. The van der Waals surface area contributed by atoms with Gasteiger partial charge in [-0.15, -0.1) is 0 Å². The van der Waals surface area contributed by atoms with Crippen LogP contribution in [0.4, 0.5) is 0 Å². The predicted octanol–water partition coefficient (Wildman–Crippen LogP) is 0.267. The van der Waals surface area contributed by atoms with Gasteiger partial charge in [0.2, 0.25) is 10.0 Å². The van der Waals surface area contributed by atoms with Gasteiger partial charge in [-0.1, -0.05) is 0 Å². The Kier molecular flexibility index (Phi) is 6.04. The second-order valence-corrected chi connectivity index (χ2v) is 7.15. The van der Waals surface area contributed by atoms with Crippen LogP contribution in [-0.2, 0) is 10.0 Å². The van der Waals surface area contributed by atoms with Gasteiger partial charge in [-0.25, -0.2) is 13.1 Å². The zero-order valence-corrected chi connectivity index (χ0v) is 10.9. The fraction of sp³-hybridized carbons (Fsp3) is 1.00. The number of hydrogen-bond donors (Lipinski definition) is 2. The molecule has 0 aliphatic rings. The highest BCUT2D eigenvalue weighted by atomic mass is 32.2. The summed E-state index contributed by atoms with van der Waals surface area (Å²) >= 11 is 1.65. The standard InChI is InChI=1S/C8H20N2O2S2/c1-8(2,13-4)7-10-14(11,12)6-5-9-3/h9-10H,5-7H2,1-4H3. The molecular formula is C8H20N2O2S2. The summed E-state index contributed by atoms with van der Waals surface area (Å²) in [6.45, 7) is 4.98. The minimum Gasteiger partial charge on any atom is -0.319 e. The molecule has 0 atom stereocenters. The quantitative estimate of drug-likeness (QED) is 0.670. The number of sulfonamides is 1. The predicted molar refractivity (Wildman–Crippen MR) is 63.3 cm³/mol. The Morgan fingerprint density at radius 1 is 1.36 bits per heavy atom. The Balaban J connectivity index is 4.00. The summed E-state index contributed by atoms with van der Waals surface area (Å²) in [5.74, 6) is 0.133. The number of rotatable bonds is 7. The van der Waals surface area contributed by atoms with Crippen molar-refractivity contribution in [2.75, 3.05) is 32.1 Å². The Morgan fingerprint density at radius 3 is 2.36 bits per heavy atom. The fourth-order valence-electron chi connectivity index (χ4n) is 0.665. The molecule has 0 radical (unpaired) electrons. The van der Waals surface area contributed by atoms with Crippen molar-refractivity contribution in [2.24, 2.45) is 0 Å². The molecule has 0 bridgehead atoms. The Labute approximate surface area is 91.3 Å². The van der Waals surface area contributed by atoms with Crippen molar-refractivity contribution in [3.8, 4) is 0 Å². The lowest BCUT2D eigenvalue weighted by Crippen LogP contribution is -2.38. The van der Waals surface area contributed by atoms with Crippen LogP contribution in [0.2, 0.25) is 0 Å². The molecule has 4 nitrogen and oxygen atoms in total. The Hall–Kier alpha value is 0.220. The van der Waals surface area contributed by atoms with Gasteiger partial charge in [0, 0.05) is 17.8 Å². The highest BCUT2D eigenvalue weighted by Crippen LogP contribution is 2.19. The van der Waals surface area contributed by atoms with Crippen LogP contribution in [0.15, 0.2) is 0 Å². The highest BCUT2D eigenvalue weighted by Gasteiger charge is 2.19. The molecule has 0 saturated carbocycles. The van der Waals surface area contributed by atoms with Gasteiger partial charge in [-0.3, -0.25) is 0 Å². The first kappa shape index (κ1) is 14.2. The average Bonchev–Trinajstić information content (AvgIpc) is 2.12. The highest BCUT2D eigenvalue weighted by molar-refractivity contribution is 8.00. The number of hydrogen-bond acceptors (Lipinski definition) is 4. The molecule has 14 heavy (non-hydrogen) atoms. The molecule has 0 aromatic carbocycles. The van der Waals surface area contributed by atoms with E-state index in [-0.39, 0.29) is 10.5 Å². The van der Waals surface area contributed by atoms with Crippen LogP contribution in [0.5, 0.6) is 0 Å². The zero-order chi connectivity index (χ0) is 11.2. The van der Waals surface area contributed by atoms with Crippen LogP contribution in [0.25, 0.3) is 0 Å². The second-order valence-electron chi connectivity index (χ2n) is 3.71. The maximum atomic E-state index is 11.4. The van der Waals surface area contributed by atoms with E-state index in [0.717, 1.165) is 0 Å². The molecule has 6 heteroatoms. The minimum absolute atomic E-state index is 0.0489. The first-order valence-electron chi connectivity index (χ1n) is 4.50. The lowest BCUT2D eigenvalue weighted by Gasteiger charge is -2.22. The summed E-state index contributed by atoms with van der Waals surface area (Å²) in [6, 6.07) is 0. The van der Waals surface area contributed by atoms with Crippen LogP contribution in [0.1, 0.15) is 13.8 Å². The molecule has 2 N–H and O–H groups in total. The van der Waals surface area contributed by atoms with Crippen molar-refractivity contribution in [3.05, 3.63) is 0 Å². The van der Waals surface area contributed by atoms with Gasteiger partial charge in [0.25, 0.3) is 0 Å². The van der Waals surface area contributed by atoms with Gasteiger partial charge in [-0.2, -0.15) is 11.8 Å². The Morgan fingerprint density at radius 2 is 1.93 bits per heavy atom. The molecule has 0 heterocycles. The average molecular weight is 240 g/mol. The van der Waals surface area contributed by atoms with E-state index in [9.17, 15) is 8.42 Å². The van der Waals surface area contributed by atoms with E-state index >= 15 is 0 Å². The van der Waals surface area contributed by atoms with E-state index in [0.29, 0.717) is 13.1 Å². The maximum absolute atomic E-state index is 11.4. The van der Waals surface area contributed by atoms with Crippen molar-refractivity contribution in [1.82, 2.24) is 10.0 Å². The molecule has 0 fully saturated rings. The first-order chi connectivity index (χ1) is 6.33. The van der Waals surface area contributed by atoms with Gasteiger partial charge >= 0.3 is 0 Å². The monoisotopic (exact) mass is 240 g/mol. The van der Waals surface area contributed by atoms with Gasteiger partial charge < -0.3 is 5.32 Å². The largest absolute Gasteiger partial charge is 0.319 e. The van der Waals surface area contributed by atoms with E-state index < -0.39 is 10.0 Å². The molecule has 0 aromatic heterocycles. The van der Waals surface area contributed by atoms with Crippen molar-refractivity contribution < 1.29 is 8.42 Å². The van der Waals surface area contributed by atoms with Crippen LogP contribution >= 0.6 is 11.8 Å². The lowest BCUT2D eigenvalue weighted by atomic mass is 10.2. The SMILES string of the molecule is CNCCS(=O)(=O)NCC(C)(C)SC. The third kappa shape index (κ3) is 6.64. The van der Waals surface area contributed by atoms with Crippen LogP contribution in [-0.4, -0.2) is 45.3 Å². The van der Waals surface area contributed by atoms with Crippen molar-refractivity contribution in [3.63, 3.8) is 0 Å². The molecular weight excluding hydrogens is 220 g/mol. The summed E-state index contributed by atoms with van der Waals surface area (Å²) in [7, 11) is -1.38. The molecule has 0 aromatic rings. The van der Waals surface area contributed by atoms with Crippen LogP contribution in [0.3, 0.4) is 0 Å². The Bertz CT molecular complexity index is 250. The lowest BCUT2D eigenvalue weighted by molar-refractivity contribution is 0.568. The molecule has 86 valence electrons. The molecule has 0 spiro atoms. The van der Waals surface area contributed by atoms with Crippen LogP contribution in [0, 0.1) is 0 Å². The summed E-state index contributed by atoms with van der Waals surface area (Å²) in [5, 5.41) is 2.81. The van der Waals surface area contributed by atoms with Gasteiger partial charge in [0.05, 0.1) is 5.75 Å². The van der Waals surface area contributed by atoms with E-state index in [4.69, 9.17) is 0 Å². The van der Waals surface area contributed by atoms with Gasteiger partial charge in [-0.05, 0) is 27.2 Å². The van der Waals surface area contributed by atoms with E-state index in [1.807, 2.05) is 20.1 Å². The van der Waals surface area contributed by atoms with E-state index in [2.05, 4.69) is 10.0 Å². The van der Waals surface area contributed by atoms with E-state index in [1.54, 1.807) is 18.8 Å². The summed E-state index contributed by atoms with van der Waals surface area (Å²) in [6.07, 6.45) is 1.97. The fourth-order valence-corrected chi connectivity index (χ4v) is 2.17. The topological polar surface area (TPSA) is 58.2 Å². The summed E-state index contributed by atoms with van der Waals surface area (Å²) in [5.41, 5.74) is 0. The second kappa shape index (κ2) is 5.95. The van der Waals surface area contributed by atoms with Gasteiger partial charge in [0.1, 0.15) is 0 Å². The van der Waals surface area contributed by atoms with E-state index in [1.165, 1.54) is 0 Å². The zero-order valence-electron chi connectivity index (χ0n) is 9.25. The third-order valence-electron chi connectivity index (χ3n) is 1.89. The third-order valence-corrected chi connectivity index (χ3v) is 4.47.